The molecule has 0 spiro atoms. The van der Waals surface area contributed by atoms with Crippen molar-refractivity contribution >= 4 is 0 Å². The number of ether oxygens (including phenoxy) is 2. The Labute approximate surface area is 125 Å². The van der Waals surface area contributed by atoms with E-state index in [2.05, 4.69) is 5.32 Å². The Bertz CT molecular complexity index is 575. The lowest BCUT2D eigenvalue weighted by molar-refractivity contribution is 0.267. The monoisotopic (exact) mass is 287 g/mol. The number of hydrogen-bond donors (Lipinski definition) is 1. The van der Waals surface area contributed by atoms with Gasteiger partial charge in [0, 0.05) is 11.6 Å². The third-order valence-electron chi connectivity index (χ3n) is 3.50. The van der Waals surface area contributed by atoms with Crippen LogP contribution in [0.5, 0.6) is 11.5 Å². The van der Waals surface area contributed by atoms with Crippen LogP contribution in [0.4, 0.5) is 0 Å². The fraction of sp³-hybridized carbons (Fsp3) is 0.412. The van der Waals surface area contributed by atoms with Gasteiger partial charge in [0.1, 0.15) is 12.4 Å². The van der Waals surface area contributed by atoms with E-state index in [1.807, 2.05) is 37.3 Å². The topological polar surface area (TPSA) is 43.6 Å². The third-order valence-corrected chi connectivity index (χ3v) is 3.50. The van der Waals surface area contributed by atoms with Gasteiger partial charge in [0.2, 0.25) is 0 Å². The summed E-state index contributed by atoms with van der Waals surface area (Å²) >= 11 is 0. The zero-order valence-corrected chi connectivity index (χ0v) is 12.3. The second kappa shape index (κ2) is 6.68. The molecule has 0 unspecified atom stereocenters. The molecule has 2 aromatic rings. The molecule has 1 aromatic carbocycles. The van der Waals surface area contributed by atoms with Crippen LogP contribution >= 0.6 is 0 Å². The molecule has 0 radical (unpaired) electrons. The second-order valence-corrected chi connectivity index (χ2v) is 5.19. The molecule has 112 valence electrons. The van der Waals surface area contributed by atoms with Gasteiger partial charge in [-0.15, -0.1) is 0 Å². The summed E-state index contributed by atoms with van der Waals surface area (Å²) in [6, 6.07) is 10.4. The Morgan fingerprint density at radius 3 is 2.62 bits per heavy atom. The van der Waals surface area contributed by atoms with Crippen molar-refractivity contribution in [3.05, 3.63) is 47.9 Å². The SMILES string of the molecule is CCOc1ccccc1OCc1ccoc1CNC1CC1. The van der Waals surface area contributed by atoms with Gasteiger partial charge in [0.25, 0.3) is 0 Å². The van der Waals surface area contributed by atoms with E-state index in [1.165, 1.54) is 12.8 Å². The van der Waals surface area contributed by atoms with Crippen molar-refractivity contribution in [2.24, 2.45) is 0 Å². The molecule has 3 rings (SSSR count). The van der Waals surface area contributed by atoms with Crippen LogP contribution in [0, 0.1) is 0 Å². The summed E-state index contributed by atoms with van der Waals surface area (Å²) in [7, 11) is 0. The van der Waals surface area contributed by atoms with Crippen LogP contribution < -0.4 is 14.8 Å². The smallest absolute Gasteiger partial charge is 0.161 e. The molecule has 1 heterocycles. The molecule has 0 amide bonds. The normalized spacial score (nSPS) is 14.1. The third kappa shape index (κ3) is 3.79. The molecule has 1 aliphatic rings. The largest absolute Gasteiger partial charge is 0.490 e. The molecule has 0 saturated heterocycles. The van der Waals surface area contributed by atoms with E-state index >= 15 is 0 Å². The summed E-state index contributed by atoms with van der Waals surface area (Å²) in [5, 5.41) is 3.46. The average Bonchev–Trinajstić information content (AvgIpc) is 3.23. The molecule has 21 heavy (non-hydrogen) atoms. The number of furan rings is 1. The lowest BCUT2D eigenvalue weighted by Gasteiger charge is -2.11. The first-order chi connectivity index (χ1) is 10.4. The highest BCUT2D eigenvalue weighted by molar-refractivity contribution is 5.39. The number of hydrogen-bond acceptors (Lipinski definition) is 4. The summed E-state index contributed by atoms with van der Waals surface area (Å²) in [6.45, 7) is 3.85. The maximum Gasteiger partial charge on any atom is 0.161 e. The van der Waals surface area contributed by atoms with Crippen LogP contribution in [0.15, 0.2) is 41.0 Å². The first-order valence-corrected chi connectivity index (χ1v) is 7.50. The van der Waals surface area contributed by atoms with Crippen LogP contribution in [-0.4, -0.2) is 12.6 Å². The van der Waals surface area contributed by atoms with Gasteiger partial charge in [0.15, 0.2) is 11.5 Å². The molecule has 4 nitrogen and oxygen atoms in total. The maximum absolute atomic E-state index is 5.88. The highest BCUT2D eigenvalue weighted by Gasteiger charge is 2.21. The lowest BCUT2D eigenvalue weighted by Crippen LogP contribution is -2.16. The molecule has 4 heteroatoms. The van der Waals surface area contributed by atoms with Gasteiger partial charge < -0.3 is 19.2 Å². The zero-order valence-electron chi connectivity index (χ0n) is 12.3. The number of para-hydroxylation sites is 2. The molecule has 0 bridgehead atoms. The Balaban J connectivity index is 1.60. The van der Waals surface area contributed by atoms with E-state index in [0.29, 0.717) is 19.3 Å². The average molecular weight is 287 g/mol. The van der Waals surface area contributed by atoms with Gasteiger partial charge in [-0.3, -0.25) is 0 Å². The van der Waals surface area contributed by atoms with E-state index in [0.717, 1.165) is 29.4 Å². The van der Waals surface area contributed by atoms with E-state index in [1.54, 1.807) is 6.26 Å². The predicted molar refractivity (Wildman–Crippen MR) is 80.5 cm³/mol. The van der Waals surface area contributed by atoms with Crippen molar-refractivity contribution in [3.63, 3.8) is 0 Å². The maximum atomic E-state index is 5.88. The molecule has 0 aliphatic heterocycles. The van der Waals surface area contributed by atoms with Crippen molar-refractivity contribution < 1.29 is 13.9 Å². The molecule has 1 N–H and O–H groups in total. The first-order valence-electron chi connectivity index (χ1n) is 7.50. The Hall–Kier alpha value is -1.94. The van der Waals surface area contributed by atoms with Gasteiger partial charge in [-0.2, -0.15) is 0 Å². The quantitative estimate of drug-likeness (QED) is 0.807. The van der Waals surface area contributed by atoms with Crippen LogP contribution in [0.1, 0.15) is 31.1 Å². The molecule has 1 saturated carbocycles. The molecule has 1 fully saturated rings. The number of rotatable bonds is 8. The van der Waals surface area contributed by atoms with Crippen molar-refractivity contribution in [1.82, 2.24) is 5.32 Å². The minimum atomic E-state index is 0.488. The zero-order chi connectivity index (χ0) is 14.5. The first kappa shape index (κ1) is 14.0. The molecule has 1 aromatic heterocycles. The van der Waals surface area contributed by atoms with Crippen LogP contribution in [0.25, 0.3) is 0 Å². The van der Waals surface area contributed by atoms with E-state index < -0.39 is 0 Å². The summed E-state index contributed by atoms with van der Waals surface area (Å²) in [5.74, 6) is 2.50. The fourth-order valence-electron chi connectivity index (χ4n) is 2.17. The van der Waals surface area contributed by atoms with Crippen molar-refractivity contribution in [3.8, 4) is 11.5 Å². The molecule has 0 atom stereocenters. The van der Waals surface area contributed by atoms with Crippen LogP contribution in [0.3, 0.4) is 0 Å². The Morgan fingerprint density at radius 2 is 1.90 bits per heavy atom. The minimum Gasteiger partial charge on any atom is -0.490 e. The Kier molecular flexibility index (Phi) is 4.46. The van der Waals surface area contributed by atoms with E-state index in [-0.39, 0.29) is 0 Å². The van der Waals surface area contributed by atoms with E-state index in [4.69, 9.17) is 13.9 Å². The molecule has 1 aliphatic carbocycles. The van der Waals surface area contributed by atoms with Gasteiger partial charge in [-0.1, -0.05) is 12.1 Å². The van der Waals surface area contributed by atoms with Crippen molar-refractivity contribution in [2.75, 3.05) is 6.61 Å². The van der Waals surface area contributed by atoms with Crippen LogP contribution in [-0.2, 0) is 13.2 Å². The predicted octanol–water partition coefficient (Wildman–Crippen LogP) is 3.51. The number of nitrogens with one attached hydrogen (secondary N) is 1. The second-order valence-electron chi connectivity index (χ2n) is 5.19. The van der Waals surface area contributed by atoms with Crippen LogP contribution in [0.2, 0.25) is 0 Å². The highest BCUT2D eigenvalue weighted by atomic mass is 16.5. The van der Waals surface area contributed by atoms with Gasteiger partial charge >= 0.3 is 0 Å². The molecular formula is C17H21NO3. The highest BCUT2D eigenvalue weighted by Crippen LogP contribution is 2.28. The van der Waals surface area contributed by atoms with E-state index in [9.17, 15) is 0 Å². The van der Waals surface area contributed by atoms with Gasteiger partial charge in [0.05, 0.1) is 19.4 Å². The standard InChI is InChI=1S/C17H21NO3/c1-2-19-15-5-3-4-6-16(15)21-12-13-9-10-20-17(13)11-18-14-7-8-14/h3-6,9-10,14,18H,2,7-8,11-12H2,1H3. The van der Waals surface area contributed by atoms with Gasteiger partial charge in [-0.05, 0) is 38.0 Å². The summed E-state index contributed by atoms with van der Waals surface area (Å²) < 4.78 is 17.0. The fourth-order valence-corrected chi connectivity index (χ4v) is 2.17. The summed E-state index contributed by atoms with van der Waals surface area (Å²) in [4.78, 5) is 0. The minimum absolute atomic E-state index is 0.488. The molecular weight excluding hydrogens is 266 g/mol. The van der Waals surface area contributed by atoms with Crippen molar-refractivity contribution in [2.45, 2.75) is 39.0 Å². The van der Waals surface area contributed by atoms with Crippen molar-refractivity contribution in [1.29, 1.82) is 0 Å². The summed E-state index contributed by atoms with van der Waals surface area (Å²) in [6.07, 6.45) is 4.26. The van der Waals surface area contributed by atoms with Gasteiger partial charge in [-0.25, -0.2) is 0 Å². The number of benzene rings is 1. The lowest BCUT2D eigenvalue weighted by atomic mass is 10.2. The summed E-state index contributed by atoms with van der Waals surface area (Å²) in [5.41, 5.74) is 1.08. The Morgan fingerprint density at radius 1 is 1.14 bits per heavy atom.